The van der Waals surface area contributed by atoms with E-state index in [1.165, 1.54) is 121 Å². The van der Waals surface area contributed by atoms with Gasteiger partial charge in [0, 0.05) is 54.7 Å². The minimum atomic E-state index is -0.0589. The van der Waals surface area contributed by atoms with Crippen LogP contribution in [0.25, 0.3) is 104 Å². The van der Waals surface area contributed by atoms with E-state index in [2.05, 4.69) is 236 Å². The summed E-state index contributed by atoms with van der Waals surface area (Å²) in [6, 6.07) is 54.4. The van der Waals surface area contributed by atoms with E-state index in [1.807, 2.05) is 0 Å². The molecule has 5 heteroatoms. The minimum absolute atomic E-state index is 0.000791. The smallest absolute Gasteiger partial charge is 0.252 e. The number of hydrogen-bond donors (Lipinski definition) is 0. The van der Waals surface area contributed by atoms with E-state index < -0.39 is 0 Å². The van der Waals surface area contributed by atoms with Crippen molar-refractivity contribution in [3.8, 4) is 22.5 Å². The van der Waals surface area contributed by atoms with Crippen LogP contribution in [-0.2, 0) is 21.7 Å². The quantitative estimate of drug-likeness (QED) is 0.119. The maximum atomic E-state index is 5.27. The van der Waals surface area contributed by atoms with Crippen LogP contribution in [0, 0.1) is 0 Å². The van der Waals surface area contributed by atoms with Crippen LogP contribution in [0.5, 0.6) is 0 Å². The highest BCUT2D eigenvalue weighted by atomic mass is 15.0. The summed E-state index contributed by atoms with van der Waals surface area (Å²) in [5.41, 5.74) is 23.9. The molecule has 2 aliphatic rings. The summed E-state index contributed by atoms with van der Waals surface area (Å²) in [5, 5.41) is 8.96. The van der Waals surface area contributed by atoms with Crippen molar-refractivity contribution in [1.82, 2.24) is 18.5 Å². The summed E-state index contributed by atoms with van der Waals surface area (Å²) >= 11 is 0. The summed E-state index contributed by atoms with van der Waals surface area (Å²) in [4.78, 5) is 5.27. The summed E-state index contributed by atoms with van der Waals surface area (Å²) in [7, 11) is 0. The van der Waals surface area contributed by atoms with E-state index in [-0.39, 0.29) is 28.4 Å². The van der Waals surface area contributed by atoms with Crippen molar-refractivity contribution in [3.05, 3.63) is 162 Å². The first kappa shape index (κ1) is 41.8. The van der Waals surface area contributed by atoms with Gasteiger partial charge in [0.25, 0.3) is 6.71 Å². The molecular weight excluding hydrogens is 848 g/mol. The van der Waals surface area contributed by atoms with E-state index in [4.69, 9.17) is 4.98 Å². The molecule has 0 N–H and O–H groups in total. The molecule has 0 unspecified atom stereocenters. The molecule has 0 bridgehead atoms. The Morgan fingerprint density at radius 1 is 0.371 bits per heavy atom. The van der Waals surface area contributed by atoms with Crippen molar-refractivity contribution in [2.75, 3.05) is 0 Å². The predicted octanol–water partition coefficient (Wildman–Crippen LogP) is 15.0. The lowest BCUT2D eigenvalue weighted by Crippen LogP contribution is -2.59. The van der Waals surface area contributed by atoms with Gasteiger partial charge in [0.15, 0.2) is 0 Å². The number of nitrogens with zero attached hydrogens (tertiary/aromatic N) is 4. The summed E-state index contributed by atoms with van der Waals surface area (Å²) in [6.45, 7) is 28.3. The fourth-order valence-electron chi connectivity index (χ4n) is 12.5. The third-order valence-corrected chi connectivity index (χ3v) is 16.4. The Morgan fingerprint density at radius 2 is 0.871 bits per heavy atom. The maximum Gasteiger partial charge on any atom is 0.252 e. The largest absolute Gasteiger partial charge is 0.310 e. The molecule has 0 radical (unpaired) electrons. The highest BCUT2D eigenvalue weighted by molar-refractivity contribution is 7.00. The zero-order chi connectivity index (χ0) is 48.3. The van der Waals surface area contributed by atoms with Gasteiger partial charge in [0.1, 0.15) is 5.65 Å². The molecule has 0 atom stereocenters. The molecule has 12 aromatic rings. The molecule has 342 valence electrons. The van der Waals surface area contributed by atoms with E-state index in [0.29, 0.717) is 0 Å². The minimum Gasteiger partial charge on any atom is -0.310 e. The molecule has 4 aromatic heterocycles. The number of pyridine rings is 1. The number of aromatic nitrogens is 4. The lowest BCUT2D eigenvalue weighted by Gasteiger charge is -2.36. The van der Waals surface area contributed by atoms with Gasteiger partial charge in [-0.25, -0.2) is 4.98 Å². The SMILES string of the molecule is CC(C)(C)c1ccc2c(c1)c1cc(C(C)(C)C)cc3c1n2-c1cc(-c2ccc4c5ccccc5c5nc6ccccc6n5c4c2)cc2c1B3c1cc(C(C)(C)C)cc3c4cc(C(C)(C)C)ccc4n-2c13. The van der Waals surface area contributed by atoms with Crippen molar-refractivity contribution >= 4 is 105 Å². The second-order valence-electron chi connectivity index (χ2n) is 25.0. The van der Waals surface area contributed by atoms with E-state index >= 15 is 0 Å². The molecule has 70 heavy (non-hydrogen) atoms. The monoisotopic (exact) mass is 906 g/mol. The Balaban J connectivity index is 1.17. The highest BCUT2D eigenvalue weighted by Crippen LogP contribution is 2.45. The van der Waals surface area contributed by atoms with Crippen LogP contribution in [0.3, 0.4) is 0 Å². The number of hydrogen-bond acceptors (Lipinski definition) is 1. The lowest BCUT2D eigenvalue weighted by molar-refractivity contribution is 0.590. The molecule has 0 saturated heterocycles. The highest BCUT2D eigenvalue weighted by Gasteiger charge is 2.43. The van der Waals surface area contributed by atoms with Crippen LogP contribution >= 0.6 is 0 Å². The van der Waals surface area contributed by atoms with Gasteiger partial charge in [-0.2, -0.15) is 0 Å². The Labute approximate surface area is 410 Å². The number of rotatable bonds is 1. The Bertz CT molecular complexity index is 4150. The normalized spacial score (nSPS) is 14.0. The van der Waals surface area contributed by atoms with Crippen LogP contribution in [0.1, 0.15) is 105 Å². The molecule has 0 aliphatic carbocycles. The third-order valence-electron chi connectivity index (χ3n) is 16.4. The fourth-order valence-corrected chi connectivity index (χ4v) is 12.5. The summed E-state index contributed by atoms with van der Waals surface area (Å²) < 4.78 is 7.72. The zero-order valence-electron chi connectivity index (χ0n) is 42.6. The Kier molecular flexibility index (Phi) is 8.01. The third kappa shape index (κ3) is 5.58. The molecular formula is C65H59BN4. The van der Waals surface area contributed by atoms with E-state index in [0.717, 1.165) is 22.2 Å². The molecule has 2 aliphatic heterocycles. The first-order valence-electron chi connectivity index (χ1n) is 25.4. The van der Waals surface area contributed by atoms with Gasteiger partial charge in [-0.15, -0.1) is 0 Å². The Morgan fingerprint density at radius 3 is 1.41 bits per heavy atom. The second-order valence-corrected chi connectivity index (χ2v) is 25.0. The molecule has 0 spiro atoms. The predicted molar refractivity (Wildman–Crippen MR) is 301 cm³/mol. The molecule has 14 rings (SSSR count). The van der Waals surface area contributed by atoms with Gasteiger partial charge in [-0.1, -0.05) is 156 Å². The van der Waals surface area contributed by atoms with Gasteiger partial charge < -0.3 is 9.13 Å². The number of fused-ring (bicyclic) bond motifs is 18. The topological polar surface area (TPSA) is 27.2 Å². The summed E-state index contributed by atoms with van der Waals surface area (Å²) in [5.74, 6) is 0. The Hall–Kier alpha value is -7.11. The number of para-hydroxylation sites is 2. The molecule has 8 aromatic carbocycles. The van der Waals surface area contributed by atoms with Crippen LogP contribution in [0.2, 0.25) is 0 Å². The second kappa shape index (κ2) is 13.4. The van der Waals surface area contributed by atoms with Crippen LogP contribution in [0.4, 0.5) is 0 Å². The van der Waals surface area contributed by atoms with Crippen molar-refractivity contribution in [3.63, 3.8) is 0 Å². The zero-order valence-corrected chi connectivity index (χ0v) is 42.6. The van der Waals surface area contributed by atoms with Gasteiger partial charge in [-0.05, 0) is 144 Å². The standard InChI is InChI=1S/C65H59BN4/c1-62(2,3)38-22-25-52-45(30-38)47-32-40(64(7,8)9)34-49-59(47)68(52)56-28-37(36-21-24-43-42-17-13-14-18-44(42)61-67-51-19-15-16-20-54(51)70(61)55(43)27-36)29-57-58(56)66(49)50-35-41(65(10,11)12)33-48-46-31-39(63(4,5)6)23-26-53(46)69(57)60(48)50/h13-35H,1-12H3. The molecule has 6 heterocycles. The molecule has 0 fully saturated rings. The first-order valence-corrected chi connectivity index (χ1v) is 25.4. The first-order chi connectivity index (χ1) is 33.2. The maximum absolute atomic E-state index is 5.27. The van der Waals surface area contributed by atoms with Crippen LogP contribution < -0.4 is 16.4 Å². The number of benzene rings is 8. The summed E-state index contributed by atoms with van der Waals surface area (Å²) in [6.07, 6.45) is 0. The molecule has 4 nitrogen and oxygen atoms in total. The van der Waals surface area contributed by atoms with Crippen molar-refractivity contribution in [1.29, 1.82) is 0 Å². The van der Waals surface area contributed by atoms with Crippen LogP contribution in [0.15, 0.2) is 140 Å². The average molecular weight is 907 g/mol. The van der Waals surface area contributed by atoms with Crippen molar-refractivity contribution in [2.24, 2.45) is 0 Å². The average Bonchev–Trinajstić information content (AvgIpc) is 3.99. The van der Waals surface area contributed by atoms with Gasteiger partial charge >= 0.3 is 0 Å². The number of imidazole rings is 1. The molecule has 0 amide bonds. The van der Waals surface area contributed by atoms with Crippen LogP contribution in [-0.4, -0.2) is 25.2 Å². The van der Waals surface area contributed by atoms with Crippen molar-refractivity contribution < 1.29 is 0 Å². The fraction of sp³-hybridized carbons (Fsp3) is 0.246. The van der Waals surface area contributed by atoms with E-state index in [9.17, 15) is 0 Å². The van der Waals surface area contributed by atoms with Gasteiger partial charge in [-0.3, -0.25) is 4.40 Å². The van der Waals surface area contributed by atoms with E-state index in [1.54, 1.807) is 0 Å². The van der Waals surface area contributed by atoms with Gasteiger partial charge in [0.05, 0.1) is 27.6 Å². The lowest BCUT2D eigenvalue weighted by atomic mass is 9.34. The van der Waals surface area contributed by atoms with Crippen molar-refractivity contribution in [2.45, 2.75) is 105 Å². The molecule has 0 saturated carbocycles. The van der Waals surface area contributed by atoms with Gasteiger partial charge in [0.2, 0.25) is 0 Å².